The van der Waals surface area contributed by atoms with Gasteiger partial charge in [-0.1, -0.05) is 0 Å². The van der Waals surface area contributed by atoms with Gasteiger partial charge in [-0.2, -0.15) is 10.1 Å². The van der Waals surface area contributed by atoms with Gasteiger partial charge in [0.15, 0.2) is 5.65 Å². The van der Waals surface area contributed by atoms with Crippen LogP contribution in [-0.4, -0.2) is 36.8 Å². The van der Waals surface area contributed by atoms with Crippen molar-refractivity contribution in [3.63, 3.8) is 0 Å². The standard InChI is InChI=1S/C15H13N7O/c1-23-12-4-2-11(3-5-12)22-9-17-13-8-16-15(21-14(13)22)20-10-6-18-19-7-10/h2-9H,1H3,(H,18,19)(H,16,20,21). The van der Waals surface area contributed by atoms with Gasteiger partial charge in [-0.15, -0.1) is 0 Å². The Bertz CT molecular complexity index is 928. The Morgan fingerprint density at radius 3 is 2.74 bits per heavy atom. The maximum absolute atomic E-state index is 5.18. The minimum absolute atomic E-state index is 0.481. The van der Waals surface area contributed by atoms with Crippen LogP contribution in [0.3, 0.4) is 0 Å². The molecule has 3 heterocycles. The summed E-state index contributed by atoms with van der Waals surface area (Å²) in [7, 11) is 1.64. The van der Waals surface area contributed by atoms with Crippen molar-refractivity contribution in [2.75, 3.05) is 12.4 Å². The lowest BCUT2D eigenvalue weighted by atomic mass is 10.3. The summed E-state index contributed by atoms with van der Waals surface area (Å²) in [6.45, 7) is 0. The highest BCUT2D eigenvalue weighted by molar-refractivity contribution is 5.74. The van der Waals surface area contributed by atoms with Gasteiger partial charge < -0.3 is 10.1 Å². The van der Waals surface area contributed by atoms with Gasteiger partial charge in [-0.25, -0.2) is 9.97 Å². The molecule has 0 radical (unpaired) electrons. The summed E-state index contributed by atoms with van der Waals surface area (Å²) in [6.07, 6.45) is 6.80. The zero-order chi connectivity index (χ0) is 15.6. The van der Waals surface area contributed by atoms with E-state index in [1.54, 1.807) is 32.0 Å². The molecule has 0 fully saturated rings. The molecule has 2 N–H and O–H groups in total. The molecule has 0 saturated heterocycles. The Morgan fingerprint density at radius 2 is 2.00 bits per heavy atom. The van der Waals surface area contributed by atoms with Crippen molar-refractivity contribution in [1.82, 2.24) is 29.7 Å². The number of anilines is 2. The van der Waals surface area contributed by atoms with Gasteiger partial charge in [0.1, 0.15) is 17.6 Å². The monoisotopic (exact) mass is 307 g/mol. The fraction of sp³-hybridized carbons (Fsp3) is 0.0667. The average molecular weight is 307 g/mol. The minimum Gasteiger partial charge on any atom is -0.497 e. The van der Waals surface area contributed by atoms with Crippen LogP contribution < -0.4 is 10.1 Å². The summed E-state index contributed by atoms with van der Waals surface area (Å²) >= 11 is 0. The summed E-state index contributed by atoms with van der Waals surface area (Å²) in [4.78, 5) is 13.1. The Balaban J connectivity index is 1.74. The van der Waals surface area contributed by atoms with E-state index in [0.29, 0.717) is 5.95 Å². The second kappa shape index (κ2) is 5.41. The summed E-state index contributed by atoms with van der Waals surface area (Å²) in [5.74, 6) is 1.28. The number of nitrogens with one attached hydrogen (secondary N) is 2. The molecule has 0 unspecified atom stereocenters. The normalized spacial score (nSPS) is 10.8. The Morgan fingerprint density at radius 1 is 1.13 bits per heavy atom. The molecule has 0 amide bonds. The van der Waals surface area contributed by atoms with Gasteiger partial charge in [0.2, 0.25) is 5.95 Å². The summed E-state index contributed by atoms with van der Waals surface area (Å²) in [5, 5.41) is 9.70. The molecule has 0 bridgehead atoms. The molecule has 0 spiro atoms. The Labute approximate surface area is 131 Å². The topological polar surface area (TPSA) is 93.5 Å². The smallest absolute Gasteiger partial charge is 0.229 e. The maximum Gasteiger partial charge on any atom is 0.229 e. The van der Waals surface area contributed by atoms with Crippen molar-refractivity contribution in [1.29, 1.82) is 0 Å². The number of ether oxygens (including phenoxy) is 1. The summed E-state index contributed by atoms with van der Waals surface area (Å²) < 4.78 is 7.08. The lowest BCUT2D eigenvalue weighted by molar-refractivity contribution is 0.415. The first-order chi connectivity index (χ1) is 11.3. The Hall–Kier alpha value is -3.42. The van der Waals surface area contributed by atoms with Crippen LogP contribution in [0, 0.1) is 0 Å². The molecule has 114 valence electrons. The second-order valence-electron chi connectivity index (χ2n) is 4.83. The van der Waals surface area contributed by atoms with E-state index in [0.717, 1.165) is 28.3 Å². The SMILES string of the molecule is COc1ccc(-n2cnc3cnc(Nc4cn[nH]c4)nc32)cc1. The van der Waals surface area contributed by atoms with Gasteiger partial charge in [0.05, 0.1) is 25.2 Å². The molecule has 1 aromatic carbocycles. The second-order valence-corrected chi connectivity index (χ2v) is 4.83. The number of nitrogens with zero attached hydrogens (tertiary/aromatic N) is 5. The number of benzene rings is 1. The van der Waals surface area contributed by atoms with Crippen molar-refractivity contribution in [3.8, 4) is 11.4 Å². The first-order valence-electron chi connectivity index (χ1n) is 6.94. The Kier molecular flexibility index (Phi) is 3.12. The van der Waals surface area contributed by atoms with E-state index < -0.39 is 0 Å². The van der Waals surface area contributed by atoms with E-state index in [9.17, 15) is 0 Å². The van der Waals surface area contributed by atoms with Crippen molar-refractivity contribution < 1.29 is 4.74 Å². The molecule has 4 aromatic rings. The molecule has 0 atom stereocenters. The van der Waals surface area contributed by atoms with Gasteiger partial charge in [-0.3, -0.25) is 9.67 Å². The van der Waals surface area contributed by atoms with Crippen molar-refractivity contribution in [2.24, 2.45) is 0 Å². The van der Waals surface area contributed by atoms with Crippen LogP contribution in [0.4, 0.5) is 11.6 Å². The van der Waals surface area contributed by atoms with Crippen LogP contribution in [0.2, 0.25) is 0 Å². The average Bonchev–Trinajstić information content (AvgIpc) is 3.24. The number of aromatic amines is 1. The van der Waals surface area contributed by atoms with Crippen LogP contribution >= 0.6 is 0 Å². The number of fused-ring (bicyclic) bond motifs is 1. The fourth-order valence-electron chi connectivity index (χ4n) is 2.25. The van der Waals surface area contributed by atoms with Crippen LogP contribution in [0.15, 0.2) is 49.2 Å². The highest BCUT2D eigenvalue weighted by Crippen LogP contribution is 2.20. The molecule has 3 aromatic heterocycles. The van der Waals surface area contributed by atoms with Gasteiger partial charge in [0, 0.05) is 11.9 Å². The van der Waals surface area contributed by atoms with Crippen LogP contribution in [0.1, 0.15) is 0 Å². The van der Waals surface area contributed by atoms with Crippen molar-refractivity contribution in [2.45, 2.75) is 0 Å². The molecule has 0 saturated carbocycles. The number of methoxy groups -OCH3 is 1. The molecule has 8 nitrogen and oxygen atoms in total. The van der Waals surface area contributed by atoms with E-state index in [2.05, 4.69) is 30.5 Å². The van der Waals surface area contributed by atoms with E-state index in [4.69, 9.17) is 4.74 Å². The first-order valence-corrected chi connectivity index (χ1v) is 6.94. The highest BCUT2D eigenvalue weighted by atomic mass is 16.5. The van der Waals surface area contributed by atoms with Crippen LogP contribution in [0.5, 0.6) is 5.75 Å². The number of imidazole rings is 1. The van der Waals surface area contributed by atoms with Gasteiger partial charge in [-0.05, 0) is 24.3 Å². The molecule has 0 aliphatic carbocycles. The predicted octanol–water partition coefficient (Wildman–Crippen LogP) is 2.29. The predicted molar refractivity (Wildman–Crippen MR) is 85.1 cm³/mol. The van der Waals surface area contributed by atoms with E-state index >= 15 is 0 Å². The lowest BCUT2D eigenvalue weighted by Gasteiger charge is -2.06. The number of aromatic nitrogens is 6. The van der Waals surface area contributed by atoms with Crippen molar-refractivity contribution in [3.05, 3.63) is 49.2 Å². The molecular formula is C15H13N7O. The van der Waals surface area contributed by atoms with Crippen molar-refractivity contribution >= 4 is 22.8 Å². The largest absolute Gasteiger partial charge is 0.497 e. The zero-order valence-electron chi connectivity index (χ0n) is 12.3. The van der Waals surface area contributed by atoms with Gasteiger partial charge in [0.25, 0.3) is 0 Å². The minimum atomic E-state index is 0.481. The highest BCUT2D eigenvalue weighted by Gasteiger charge is 2.09. The third-order valence-electron chi connectivity index (χ3n) is 3.40. The number of hydrogen-bond donors (Lipinski definition) is 2. The van der Waals surface area contributed by atoms with E-state index in [1.807, 2.05) is 28.8 Å². The molecule has 23 heavy (non-hydrogen) atoms. The number of H-pyrrole nitrogens is 1. The third-order valence-corrected chi connectivity index (χ3v) is 3.40. The molecular weight excluding hydrogens is 294 g/mol. The van der Waals surface area contributed by atoms with Crippen LogP contribution in [0.25, 0.3) is 16.9 Å². The first kappa shape index (κ1) is 13.3. The molecule has 8 heteroatoms. The van der Waals surface area contributed by atoms with E-state index in [-0.39, 0.29) is 0 Å². The molecule has 0 aliphatic heterocycles. The number of rotatable bonds is 4. The number of hydrogen-bond acceptors (Lipinski definition) is 6. The maximum atomic E-state index is 5.18. The zero-order valence-corrected chi connectivity index (χ0v) is 12.3. The summed E-state index contributed by atoms with van der Waals surface area (Å²) in [5.41, 5.74) is 3.18. The lowest BCUT2D eigenvalue weighted by Crippen LogP contribution is -1.99. The van der Waals surface area contributed by atoms with Gasteiger partial charge >= 0.3 is 0 Å². The fourth-order valence-corrected chi connectivity index (χ4v) is 2.25. The molecule has 4 rings (SSSR count). The quantitative estimate of drug-likeness (QED) is 0.601. The third kappa shape index (κ3) is 2.46. The van der Waals surface area contributed by atoms with E-state index in [1.165, 1.54) is 0 Å². The summed E-state index contributed by atoms with van der Waals surface area (Å²) in [6, 6.07) is 7.69. The molecule has 0 aliphatic rings. The van der Waals surface area contributed by atoms with Crippen LogP contribution in [-0.2, 0) is 0 Å².